The highest BCUT2D eigenvalue weighted by molar-refractivity contribution is 6.32. The summed E-state index contributed by atoms with van der Waals surface area (Å²) in [6.07, 6.45) is 2.93. The van der Waals surface area contributed by atoms with E-state index in [9.17, 15) is 19.8 Å². The van der Waals surface area contributed by atoms with Gasteiger partial charge in [-0.1, -0.05) is 18.5 Å². The molecule has 5 aromatic rings. The van der Waals surface area contributed by atoms with Gasteiger partial charge in [-0.25, -0.2) is 9.78 Å². The van der Waals surface area contributed by atoms with Gasteiger partial charge >= 0.3 is 5.69 Å². The minimum atomic E-state index is -0.942. The zero-order valence-electron chi connectivity index (χ0n) is 30.5. The SMILES string of the molecule is C[C@H]1CN(c2ccc3c(C4CCC(=O)NC4O)nn(C)c3c2)CC[C@H]1N(C)c1ncc(Cl)c(Nc2ccc3c(c2)n(CCC(C)(C)O)c(=O)n3C)n1. The molecule has 0 saturated carbocycles. The van der Waals surface area contributed by atoms with Crippen molar-refractivity contribution in [1.29, 1.82) is 0 Å². The number of aliphatic hydroxyl groups excluding tert-OH is 1. The first-order valence-electron chi connectivity index (χ1n) is 17.8. The van der Waals surface area contributed by atoms with E-state index in [-0.39, 0.29) is 29.5 Å². The lowest BCUT2D eigenvalue weighted by Gasteiger charge is -2.42. The highest BCUT2D eigenvalue weighted by Crippen LogP contribution is 2.36. The Bertz CT molecular complexity index is 2200. The van der Waals surface area contributed by atoms with Gasteiger partial charge in [0.15, 0.2) is 5.82 Å². The van der Waals surface area contributed by atoms with Gasteiger partial charge in [-0.2, -0.15) is 10.1 Å². The molecule has 2 fully saturated rings. The fourth-order valence-corrected chi connectivity index (χ4v) is 7.88. The van der Waals surface area contributed by atoms with Crippen LogP contribution in [0.2, 0.25) is 5.02 Å². The molecule has 0 spiro atoms. The van der Waals surface area contributed by atoms with E-state index < -0.39 is 11.8 Å². The number of hydrogen-bond acceptors (Lipinski definition) is 10. The van der Waals surface area contributed by atoms with E-state index in [4.69, 9.17) is 21.7 Å². The number of aryl methyl sites for hydroxylation is 3. The molecule has 4 atom stereocenters. The maximum Gasteiger partial charge on any atom is 0.328 e. The van der Waals surface area contributed by atoms with Crippen molar-refractivity contribution in [1.82, 2.24) is 34.2 Å². The first-order chi connectivity index (χ1) is 24.7. The Morgan fingerprint density at radius 1 is 1.10 bits per heavy atom. The molecule has 2 aliphatic heterocycles. The summed E-state index contributed by atoms with van der Waals surface area (Å²) in [7, 11) is 5.68. The van der Waals surface area contributed by atoms with Crippen LogP contribution in [0.15, 0.2) is 47.4 Å². The number of aromatic nitrogens is 6. The lowest BCUT2D eigenvalue weighted by Crippen LogP contribution is -2.49. The number of aliphatic hydroxyl groups is 2. The highest BCUT2D eigenvalue weighted by Gasteiger charge is 2.33. The van der Waals surface area contributed by atoms with Crippen molar-refractivity contribution in [2.45, 2.75) is 76.8 Å². The number of carbonyl (C=O) groups excluding carboxylic acids is 1. The van der Waals surface area contributed by atoms with Gasteiger partial charge in [-0.15, -0.1) is 0 Å². The van der Waals surface area contributed by atoms with E-state index in [0.29, 0.717) is 42.6 Å². The van der Waals surface area contributed by atoms with E-state index >= 15 is 0 Å². The quantitative estimate of drug-likeness (QED) is 0.173. The number of fused-ring (bicyclic) bond motifs is 2. The number of imidazole rings is 1. The monoisotopic (exact) mass is 730 g/mol. The molecule has 4 N–H and O–H groups in total. The molecule has 2 aromatic carbocycles. The van der Waals surface area contributed by atoms with Crippen LogP contribution >= 0.6 is 11.6 Å². The second-order valence-electron chi connectivity index (χ2n) is 15.0. The standard InChI is InChI=1S/C37H47ClN10O4/c1-21-20-47(23-8-9-24-29(18-23)46(6)43-32(24)25-10-12-31(49)41-34(25)50)15-13-27(21)44(4)35-39-19-26(38)33(42-35)40-22-7-11-28-30(17-22)48(36(51)45(28)5)16-14-37(2,3)52/h7-9,11,17-19,21,25,27,34,50,52H,10,12-16,20H2,1-6H3,(H,41,49)(H,39,40,42)/t21-,25?,27+,34?/m0/s1. The van der Waals surface area contributed by atoms with Crippen LogP contribution in [0.5, 0.6) is 0 Å². The molecular weight excluding hydrogens is 684 g/mol. The first-order valence-corrected chi connectivity index (χ1v) is 18.2. The maximum atomic E-state index is 13.0. The molecule has 0 radical (unpaired) electrons. The lowest BCUT2D eigenvalue weighted by molar-refractivity contribution is -0.127. The van der Waals surface area contributed by atoms with Crippen molar-refractivity contribution in [2.24, 2.45) is 20.0 Å². The van der Waals surface area contributed by atoms with Crippen LogP contribution in [0, 0.1) is 5.92 Å². The lowest BCUT2D eigenvalue weighted by atomic mass is 9.91. The van der Waals surface area contributed by atoms with Crippen molar-refractivity contribution in [3.8, 4) is 0 Å². The number of carbonyl (C=O) groups is 1. The van der Waals surface area contributed by atoms with Gasteiger partial charge in [-0.3, -0.25) is 18.6 Å². The molecule has 3 aromatic heterocycles. The summed E-state index contributed by atoms with van der Waals surface area (Å²) in [5.74, 6) is 0.936. The average Bonchev–Trinajstić information content (AvgIpc) is 3.55. The molecule has 276 valence electrons. The van der Waals surface area contributed by atoms with Gasteiger partial charge in [0.25, 0.3) is 0 Å². The first kappa shape index (κ1) is 35.7. The molecule has 2 unspecified atom stereocenters. The number of piperidine rings is 2. The van der Waals surface area contributed by atoms with Crippen molar-refractivity contribution in [2.75, 3.05) is 35.3 Å². The number of nitrogens with zero attached hydrogens (tertiary/aromatic N) is 8. The third-order valence-electron chi connectivity index (χ3n) is 10.7. The number of amides is 1. The molecule has 0 bridgehead atoms. The zero-order chi connectivity index (χ0) is 37.1. The Morgan fingerprint density at radius 3 is 2.62 bits per heavy atom. The maximum absolute atomic E-state index is 13.0. The Balaban J connectivity index is 1.06. The van der Waals surface area contributed by atoms with Gasteiger partial charge in [-0.05, 0) is 75.4 Å². The van der Waals surface area contributed by atoms with Crippen LogP contribution in [-0.4, -0.2) is 83.0 Å². The van der Waals surface area contributed by atoms with Crippen molar-refractivity contribution in [3.63, 3.8) is 0 Å². The predicted molar refractivity (Wildman–Crippen MR) is 203 cm³/mol. The zero-order valence-corrected chi connectivity index (χ0v) is 31.2. The molecule has 2 aliphatic rings. The number of rotatable bonds is 9. The summed E-state index contributed by atoms with van der Waals surface area (Å²) in [5, 5.41) is 33.0. The molecule has 14 nitrogen and oxygen atoms in total. The fourth-order valence-electron chi connectivity index (χ4n) is 7.75. The van der Waals surface area contributed by atoms with Gasteiger partial charge in [0.05, 0.1) is 34.0 Å². The molecule has 15 heteroatoms. The third kappa shape index (κ3) is 6.82. The summed E-state index contributed by atoms with van der Waals surface area (Å²) in [6.45, 7) is 7.78. The number of benzene rings is 2. The fraction of sp³-hybridized carbons (Fsp3) is 0.486. The normalized spacial score (nSPS) is 21.2. The highest BCUT2D eigenvalue weighted by atomic mass is 35.5. The van der Waals surface area contributed by atoms with Gasteiger partial charge in [0, 0.05) is 75.9 Å². The topological polar surface area (TPSA) is 159 Å². The number of hydrogen-bond donors (Lipinski definition) is 4. The van der Waals surface area contributed by atoms with E-state index in [0.717, 1.165) is 58.5 Å². The second kappa shape index (κ2) is 13.7. The Morgan fingerprint density at radius 2 is 1.88 bits per heavy atom. The average molecular weight is 731 g/mol. The second-order valence-corrected chi connectivity index (χ2v) is 15.4. The molecule has 1 amide bonds. The summed E-state index contributed by atoms with van der Waals surface area (Å²) >= 11 is 6.61. The summed E-state index contributed by atoms with van der Waals surface area (Å²) in [6, 6.07) is 12.2. The van der Waals surface area contributed by atoms with Crippen LogP contribution in [-0.2, 0) is 25.4 Å². The summed E-state index contributed by atoms with van der Waals surface area (Å²) < 4.78 is 5.16. The van der Waals surface area contributed by atoms with Gasteiger partial charge in [0.2, 0.25) is 11.9 Å². The van der Waals surface area contributed by atoms with Crippen LogP contribution in [0.3, 0.4) is 0 Å². The van der Waals surface area contributed by atoms with E-state index in [2.05, 4.69) is 50.5 Å². The van der Waals surface area contributed by atoms with Crippen LogP contribution < -0.4 is 26.1 Å². The van der Waals surface area contributed by atoms with Crippen molar-refractivity contribution < 1.29 is 15.0 Å². The largest absolute Gasteiger partial charge is 0.390 e. The molecule has 0 aliphatic carbocycles. The minimum absolute atomic E-state index is 0.135. The van der Waals surface area contributed by atoms with E-state index in [1.165, 1.54) is 0 Å². The van der Waals surface area contributed by atoms with Crippen molar-refractivity contribution in [3.05, 3.63) is 63.8 Å². The van der Waals surface area contributed by atoms with E-state index in [1.54, 1.807) is 36.2 Å². The summed E-state index contributed by atoms with van der Waals surface area (Å²) in [5.41, 5.74) is 4.15. The number of halogens is 1. The molecule has 5 heterocycles. The van der Waals surface area contributed by atoms with Crippen molar-refractivity contribution >= 4 is 62.6 Å². The van der Waals surface area contributed by atoms with Crippen LogP contribution in [0.1, 0.15) is 58.1 Å². The third-order valence-corrected chi connectivity index (χ3v) is 11.0. The molecule has 2 saturated heterocycles. The molecule has 52 heavy (non-hydrogen) atoms. The Labute approximate surface area is 307 Å². The van der Waals surface area contributed by atoms with Crippen LogP contribution in [0.4, 0.5) is 23.1 Å². The molecule has 7 rings (SSSR count). The van der Waals surface area contributed by atoms with E-state index in [1.807, 2.05) is 37.0 Å². The summed E-state index contributed by atoms with van der Waals surface area (Å²) in [4.78, 5) is 38.7. The van der Waals surface area contributed by atoms with Gasteiger partial charge < -0.3 is 30.6 Å². The number of nitrogens with one attached hydrogen (secondary N) is 2. The Hall–Kier alpha value is -4.66. The number of anilines is 4. The minimum Gasteiger partial charge on any atom is -0.390 e. The van der Waals surface area contributed by atoms with Gasteiger partial charge in [0.1, 0.15) is 11.3 Å². The van der Waals surface area contributed by atoms with Crippen LogP contribution in [0.25, 0.3) is 21.9 Å². The predicted octanol–water partition coefficient (Wildman–Crippen LogP) is 4.24. The Kier molecular flexibility index (Phi) is 9.42. The molecular formula is C37H47ClN10O4. The smallest absolute Gasteiger partial charge is 0.328 e.